The number of carbonyl (C=O) groups excluding carboxylic acids is 1. The Morgan fingerprint density at radius 1 is 0.919 bits per heavy atom. The molecule has 37 heavy (non-hydrogen) atoms. The summed E-state index contributed by atoms with van der Waals surface area (Å²) in [4.78, 5) is 22.1. The number of nitrogens with zero attached hydrogens (tertiary/aromatic N) is 3. The molecule has 2 aromatic carbocycles. The predicted octanol–water partition coefficient (Wildman–Crippen LogP) is 6.63. The van der Waals surface area contributed by atoms with E-state index in [2.05, 4.69) is 75.9 Å². The average Bonchev–Trinajstić information content (AvgIpc) is 3.52. The van der Waals surface area contributed by atoms with Crippen molar-refractivity contribution in [3.8, 4) is 11.5 Å². The number of benzene rings is 2. The third kappa shape index (κ3) is 7.11. The van der Waals surface area contributed by atoms with Crippen LogP contribution in [0.15, 0.2) is 47.8 Å². The van der Waals surface area contributed by atoms with Crippen LogP contribution in [0.1, 0.15) is 79.6 Å². The van der Waals surface area contributed by atoms with Crippen LogP contribution in [0.25, 0.3) is 0 Å². The van der Waals surface area contributed by atoms with E-state index in [-0.39, 0.29) is 18.1 Å². The minimum atomic E-state index is 0.0336. The van der Waals surface area contributed by atoms with Crippen molar-refractivity contribution in [2.45, 2.75) is 72.5 Å². The van der Waals surface area contributed by atoms with Crippen LogP contribution in [-0.2, 0) is 25.0 Å². The number of ether oxygens (including phenoxy) is 2. The molecule has 6 nitrogen and oxygen atoms in total. The van der Waals surface area contributed by atoms with E-state index in [0.29, 0.717) is 12.2 Å². The van der Waals surface area contributed by atoms with E-state index < -0.39 is 0 Å². The van der Waals surface area contributed by atoms with Crippen LogP contribution >= 0.6 is 11.3 Å². The van der Waals surface area contributed by atoms with Crippen LogP contribution in [0, 0.1) is 0 Å². The molecule has 0 spiro atoms. The van der Waals surface area contributed by atoms with E-state index in [9.17, 15) is 4.79 Å². The molecule has 0 saturated carbocycles. The normalized spacial score (nSPS) is 12.8. The summed E-state index contributed by atoms with van der Waals surface area (Å²) in [5.41, 5.74) is 4.40. The number of fused-ring (bicyclic) bond motifs is 1. The van der Waals surface area contributed by atoms with Crippen molar-refractivity contribution in [3.05, 3.63) is 75.2 Å². The Morgan fingerprint density at radius 3 is 2.24 bits per heavy atom. The molecule has 2 heterocycles. The van der Waals surface area contributed by atoms with Crippen molar-refractivity contribution in [1.82, 2.24) is 14.8 Å². The smallest absolute Gasteiger partial charge is 0.273 e. The van der Waals surface area contributed by atoms with E-state index in [4.69, 9.17) is 14.5 Å². The average molecular weight is 522 g/mol. The van der Waals surface area contributed by atoms with Gasteiger partial charge in [-0.2, -0.15) is 0 Å². The van der Waals surface area contributed by atoms with Gasteiger partial charge in [0.1, 0.15) is 10.7 Å². The zero-order valence-corrected chi connectivity index (χ0v) is 23.6. The molecule has 4 rings (SSSR count). The molecule has 0 aliphatic carbocycles. The SMILES string of the molecule is CCCN(CCC)C(=O)c1csc(CN(Cc2ccc(C(C)(C)C)cc2)Cc2ccc3c(c2)OCO3)n1. The highest BCUT2D eigenvalue weighted by molar-refractivity contribution is 7.09. The molecule has 1 aliphatic rings. The summed E-state index contributed by atoms with van der Waals surface area (Å²) >= 11 is 1.56. The first-order valence-electron chi connectivity index (χ1n) is 13.2. The fourth-order valence-electron chi connectivity index (χ4n) is 4.52. The maximum absolute atomic E-state index is 13.1. The Hall–Kier alpha value is -2.90. The molecule has 1 aliphatic heterocycles. The first-order valence-corrected chi connectivity index (χ1v) is 14.1. The Labute approximate surface area is 225 Å². The highest BCUT2D eigenvalue weighted by Crippen LogP contribution is 2.33. The molecule has 0 atom stereocenters. The molecule has 7 heteroatoms. The van der Waals surface area contributed by atoms with Gasteiger partial charge in [-0.3, -0.25) is 9.69 Å². The molecule has 198 valence electrons. The lowest BCUT2D eigenvalue weighted by atomic mass is 9.87. The van der Waals surface area contributed by atoms with Crippen LogP contribution in [0.5, 0.6) is 11.5 Å². The summed E-state index contributed by atoms with van der Waals surface area (Å²) in [5, 5.41) is 2.86. The summed E-state index contributed by atoms with van der Waals surface area (Å²) in [6, 6.07) is 15.0. The number of thiazole rings is 1. The van der Waals surface area contributed by atoms with Crippen molar-refractivity contribution < 1.29 is 14.3 Å². The molecule has 0 unspecified atom stereocenters. The summed E-state index contributed by atoms with van der Waals surface area (Å²) in [6.07, 6.45) is 1.89. The number of aromatic nitrogens is 1. The molecule has 0 fully saturated rings. The number of carbonyl (C=O) groups is 1. The molecule has 0 radical (unpaired) electrons. The highest BCUT2D eigenvalue weighted by atomic mass is 32.1. The summed E-state index contributed by atoms with van der Waals surface area (Å²) in [5.74, 6) is 1.62. The molecule has 1 aromatic heterocycles. The number of rotatable bonds is 11. The Morgan fingerprint density at radius 2 is 1.57 bits per heavy atom. The van der Waals surface area contributed by atoms with Gasteiger partial charge >= 0.3 is 0 Å². The third-order valence-corrected chi connectivity index (χ3v) is 7.31. The zero-order valence-electron chi connectivity index (χ0n) is 22.8. The van der Waals surface area contributed by atoms with Crippen molar-refractivity contribution >= 4 is 17.2 Å². The second kappa shape index (κ2) is 12.1. The van der Waals surface area contributed by atoms with Crippen molar-refractivity contribution in [2.75, 3.05) is 19.9 Å². The minimum absolute atomic E-state index is 0.0336. The van der Waals surface area contributed by atoms with Gasteiger partial charge in [-0.1, -0.05) is 65.0 Å². The topological polar surface area (TPSA) is 54.9 Å². The summed E-state index contributed by atoms with van der Waals surface area (Å²) in [7, 11) is 0. The fraction of sp³-hybridized carbons (Fsp3) is 0.467. The van der Waals surface area contributed by atoms with Gasteiger partial charge in [0.05, 0.1) is 6.54 Å². The van der Waals surface area contributed by atoms with E-state index in [1.807, 2.05) is 16.3 Å². The molecule has 1 amide bonds. The van der Waals surface area contributed by atoms with Gasteiger partial charge in [-0.15, -0.1) is 11.3 Å². The Bertz CT molecular complexity index is 1180. The van der Waals surface area contributed by atoms with Crippen LogP contribution in [0.4, 0.5) is 0 Å². The van der Waals surface area contributed by atoms with Crippen molar-refractivity contribution in [1.29, 1.82) is 0 Å². The van der Waals surface area contributed by atoms with E-state index in [1.54, 1.807) is 11.3 Å². The van der Waals surface area contributed by atoms with Crippen LogP contribution in [-0.4, -0.2) is 40.6 Å². The molecular formula is C30H39N3O3S. The first-order chi connectivity index (χ1) is 17.8. The minimum Gasteiger partial charge on any atom is -0.454 e. The number of hydrogen-bond donors (Lipinski definition) is 0. The van der Waals surface area contributed by atoms with Gasteiger partial charge in [0.15, 0.2) is 11.5 Å². The van der Waals surface area contributed by atoms with Gasteiger partial charge in [-0.25, -0.2) is 4.98 Å². The third-order valence-electron chi connectivity index (χ3n) is 6.47. The largest absolute Gasteiger partial charge is 0.454 e. The first kappa shape index (κ1) is 27.1. The van der Waals surface area contributed by atoms with Crippen molar-refractivity contribution in [3.63, 3.8) is 0 Å². The summed E-state index contributed by atoms with van der Waals surface area (Å²) in [6.45, 7) is 14.9. The van der Waals surface area contributed by atoms with Gasteiger partial charge in [-0.05, 0) is 47.1 Å². The molecule has 0 saturated heterocycles. The number of hydrogen-bond acceptors (Lipinski definition) is 6. The van der Waals surface area contributed by atoms with E-state index in [1.165, 1.54) is 11.1 Å². The highest BCUT2D eigenvalue weighted by Gasteiger charge is 2.20. The maximum Gasteiger partial charge on any atom is 0.273 e. The second-order valence-electron chi connectivity index (χ2n) is 10.7. The standard InChI is InChI=1S/C30H39N3O3S/c1-6-14-33(15-7-2)29(34)25-20-37-28(31-25)19-32(17-22-8-11-24(12-9-22)30(3,4)5)18-23-10-13-26-27(16-23)36-21-35-26/h8-13,16,20H,6-7,14-15,17-19,21H2,1-5H3. The molecular weight excluding hydrogens is 482 g/mol. The second-order valence-corrected chi connectivity index (χ2v) is 11.6. The molecule has 3 aromatic rings. The predicted molar refractivity (Wildman–Crippen MR) is 149 cm³/mol. The van der Waals surface area contributed by atoms with Crippen molar-refractivity contribution in [2.24, 2.45) is 0 Å². The van der Waals surface area contributed by atoms with Gasteiger partial charge in [0.25, 0.3) is 5.91 Å². The lowest BCUT2D eigenvalue weighted by Crippen LogP contribution is -2.32. The zero-order chi connectivity index (χ0) is 26.4. The Balaban J connectivity index is 1.52. The fourth-order valence-corrected chi connectivity index (χ4v) is 5.33. The van der Waals surface area contributed by atoms with Crippen LogP contribution in [0.3, 0.4) is 0 Å². The lowest BCUT2D eigenvalue weighted by Gasteiger charge is -2.23. The number of amides is 1. The summed E-state index contributed by atoms with van der Waals surface area (Å²) < 4.78 is 11.1. The lowest BCUT2D eigenvalue weighted by molar-refractivity contribution is 0.0750. The monoisotopic (exact) mass is 521 g/mol. The molecule has 0 bridgehead atoms. The van der Waals surface area contributed by atoms with Crippen LogP contribution < -0.4 is 9.47 Å². The molecule has 0 N–H and O–H groups in total. The maximum atomic E-state index is 13.1. The van der Waals surface area contributed by atoms with E-state index >= 15 is 0 Å². The van der Waals surface area contributed by atoms with Gasteiger partial charge < -0.3 is 14.4 Å². The van der Waals surface area contributed by atoms with Crippen LogP contribution in [0.2, 0.25) is 0 Å². The van der Waals surface area contributed by atoms with Gasteiger partial charge in [0, 0.05) is 31.6 Å². The quantitative estimate of drug-likeness (QED) is 0.283. The Kier molecular flexibility index (Phi) is 8.87. The van der Waals surface area contributed by atoms with E-state index in [0.717, 1.165) is 61.1 Å². The van der Waals surface area contributed by atoms with Gasteiger partial charge in [0.2, 0.25) is 6.79 Å².